The standard InChI is InChI=1S/C15H31O7P.C3H8O3.2Na/c1-2-3-4-5-6-7-8-9-10-11-15(17)21-12-14(16)13-22-23(18,19)20;4-1-3(6)2-5;;/h14,16H,2-13H2,1H3,(H2,18,19,20);3-6H,1-2H2;;/q;;2*+1/p-2. The van der Waals surface area contributed by atoms with Crippen LogP contribution in [0.3, 0.4) is 0 Å². The number of ether oxygens (including phenoxy) is 1. The van der Waals surface area contributed by atoms with Gasteiger partial charge in [-0.05, 0) is 6.42 Å². The number of aliphatic hydroxyl groups is 4. The molecule has 0 rings (SSSR count). The molecule has 0 saturated heterocycles. The van der Waals surface area contributed by atoms with Crippen LogP contribution in [-0.4, -0.2) is 65.0 Å². The van der Waals surface area contributed by atoms with Crippen LogP contribution in [0.15, 0.2) is 0 Å². The van der Waals surface area contributed by atoms with Gasteiger partial charge in [-0.3, -0.25) is 4.79 Å². The number of phosphoric ester groups is 1. The summed E-state index contributed by atoms with van der Waals surface area (Å²) >= 11 is 0. The Kier molecular flexibility index (Phi) is 35.4. The fourth-order valence-electron chi connectivity index (χ4n) is 2.12. The second kappa shape index (κ2) is 27.7. The van der Waals surface area contributed by atoms with Gasteiger partial charge in [0.2, 0.25) is 0 Å². The van der Waals surface area contributed by atoms with Crippen LogP contribution in [0.1, 0.15) is 71.1 Å². The minimum atomic E-state index is -5.11. The van der Waals surface area contributed by atoms with E-state index in [4.69, 9.17) is 20.1 Å². The van der Waals surface area contributed by atoms with E-state index in [0.717, 1.165) is 19.3 Å². The molecule has 0 spiro atoms. The smallest absolute Gasteiger partial charge is 0.790 e. The molecule has 0 aliphatic rings. The van der Waals surface area contributed by atoms with Gasteiger partial charge in [-0.15, -0.1) is 0 Å². The molecule has 0 aromatic heterocycles. The Morgan fingerprint density at radius 2 is 1.29 bits per heavy atom. The van der Waals surface area contributed by atoms with Gasteiger partial charge >= 0.3 is 65.1 Å². The van der Waals surface area contributed by atoms with Crippen molar-refractivity contribution in [3.05, 3.63) is 0 Å². The third-order valence-corrected chi connectivity index (χ3v) is 4.23. The Morgan fingerprint density at radius 1 is 0.839 bits per heavy atom. The zero-order valence-corrected chi connectivity index (χ0v) is 24.1. The van der Waals surface area contributed by atoms with Crippen LogP contribution in [0.25, 0.3) is 0 Å². The molecule has 0 radical (unpaired) electrons. The van der Waals surface area contributed by atoms with Crippen molar-refractivity contribution in [1.82, 2.24) is 0 Å². The maximum atomic E-state index is 11.4. The van der Waals surface area contributed by atoms with Crippen molar-refractivity contribution in [1.29, 1.82) is 0 Å². The van der Waals surface area contributed by atoms with Gasteiger partial charge in [-0.2, -0.15) is 0 Å². The summed E-state index contributed by atoms with van der Waals surface area (Å²) in [6.07, 6.45) is 8.31. The van der Waals surface area contributed by atoms with Crippen molar-refractivity contribution in [2.75, 3.05) is 26.4 Å². The van der Waals surface area contributed by atoms with Gasteiger partial charge in [0, 0.05) is 6.42 Å². The molecule has 0 aliphatic carbocycles. The minimum absolute atomic E-state index is 0. The van der Waals surface area contributed by atoms with Gasteiger partial charge in [0.25, 0.3) is 0 Å². The normalized spacial score (nSPS) is 11.6. The molecule has 1 atom stereocenters. The third-order valence-electron chi connectivity index (χ3n) is 3.77. The molecule has 0 fully saturated rings. The molecule has 4 N–H and O–H groups in total. The fraction of sp³-hybridized carbons (Fsp3) is 0.944. The molecular formula is C18H37Na2O10P. The van der Waals surface area contributed by atoms with Crippen molar-refractivity contribution in [2.45, 2.75) is 83.3 Å². The molecule has 0 aliphatic heterocycles. The number of carbonyl (C=O) groups is 1. The summed E-state index contributed by atoms with van der Waals surface area (Å²) in [4.78, 5) is 31.8. The van der Waals surface area contributed by atoms with Gasteiger partial charge in [0.05, 0.1) is 27.6 Å². The van der Waals surface area contributed by atoms with Crippen LogP contribution in [0, 0.1) is 0 Å². The zero-order chi connectivity index (χ0) is 22.5. The number of aliphatic hydroxyl groups excluding tert-OH is 4. The Morgan fingerprint density at radius 3 is 1.68 bits per heavy atom. The number of hydrogen-bond acceptors (Lipinski definition) is 10. The van der Waals surface area contributed by atoms with Crippen molar-refractivity contribution < 1.29 is 108 Å². The molecule has 13 heteroatoms. The van der Waals surface area contributed by atoms with E-state index in [0.29, 0.717) is 0 Å². The summed E-state index contributed by atoms with van der Waals surface area (Å²) in [6, 6.07) is 0. The maximum absolute atomic E-state index is 11.4. The van der Waals surface area contributed by atoms with E-state index >= 15 is 0 Å². The second-order valence-corrected chi connectivity index (χ2v) is 7.83. The van der Waals surface area contributed by atoms with Crippen LogP contribution in [-0.2, 0) is 18.6 Å². The molecule has 0 heterocycles. The Bertz CT molecular complexity index is 422. The van der Waals surface area contributed by atoms with Crippen molar-refractivity contribution in [2.24, 2.45) is 0 Å². The molecule has 0 amide bonds. The van der Waals surface area contributed by atoms with Gasteiger partial charge in [-0.25, -0.2) is 0 Å². The number of phosphoric acid groups is 1. The maximum Gasteiger partial charge on any atom is 1.00 e. The van der Waals surface area contributed by atoms with Crippen LogP contribution in [0.2, 0.25) is 0 Å². The average Bonchev–Trinajstić information content (AvgIpc) is 2.68. The van der Waals surface area contributed by atoms with E-state index in [-0.39, 0.29) is 85.4 Å². The number of esters is 1. The molecule has 1 unspecified atom stereocenters. The largest absolute Gasteiger partial charge is 1.00 e. The van der Waals surface area contributed by atoms with Gasteiger partial charge in [0.1, 0.15) is 18.8 Å². The zero-order valence-electron chi connectivity index (χ0n) is 19.2. The first-order chi connectivity index (χ1) is 13.7. The van der Waals surface area contributed by atoms with E-state index in [1.165, 1.54) is 38.5 Å². The first kappa shape index (κ1) is 39.6. The predicted molar refractivity (Wildman–Crippen MR) is 103 cm³/mol. The Hall–Kier alpha value is 1.42. The molecule has 0 bridgehead atoms. The first-order valence-electron chi connectivity index (χ1n) is 10.1. The number of unbranched alkanes of at least 4 members (excludes halogenated alkanes) is 8. The predicted octanol–water partition coefficient (Wildman–Crippen LogP) is -6.00. The molecular weight excluding hydrogens is 453 g/mol. The summed E-state index contributed by atoms with van der Waals surface area (Å²) in [6.45, 7) is 0.385. The summed E-state index contributed by atoms with van der Waals surface area (Å²) in [7, 11) is -5.11. The van der Waals surface area contributed by atoms with E-state index in [9.17, 15) is 24.3 Å². The van der Waals surface area contributed by atoms with Gasteiger partial charge in [-0.1, -0.05) is 58.3 Å². The topological polar surface area (TPSA) is 180 Å². The molecule has 176 valence electrons. The van der Waals surface area contributed by atoms with Gasteiger partial charge < -0.3 is 44.0 Å². The summed E-state index contributed by atoms with van der Waals surface area (Å²) in [5.41, 5.74) is 0. The molecule has 0 aromatic rings. The van der Waals surface area contributed by atoms with E-state index in [1.807, 2.05) is 0 Å². The average molecular weight is 490 g/mol. The van der Waals surface area contributed by atoms with Gasteiger partial charge in [0.15, 0.2) is 0 Å². The molecule has 31 heavy (non-hydrogen) atoms. The summed E-state index contributed by atoms with van der Waals surface area (Å²) in [5, 5.41) is 33.3. The van der Waals surface area contributed by atoms with E-state index in [1.54, 1.807) is 0 Å². The van der Waals surface area contributed by atoms with E-state index in [2.05, 4.69) is 11.4 Å². The number of carbonyl (C=O) groups excluding carboxylic acids is 1. The molecule has 10 nitrogen and oxygen atoms in total. The number of hydrogen-bond donors (Lipinski definition) is 4. The molecule has 0 saturated carbocycles. The van der Waals surface area contributed by atoms with Crippen LogP contribution >= 0.6 is 7.82 Å². The SMILES string of the molecule is CCCCCCCCCCCC(=O)OCC(O)COP(=O)([O-])[O-].OCC(O)CO.[Na+].[Na+]. The fourth-order valence-corrected chi connectivity index (χ4v) is 2.48. The Labute approximate surface area is 229 Å². The quantitative estimate of drug-likeness (QED) is 0.0664. The van der Waals surface area contributed by atoms with Crippen molar-refractivity contribution >= 4 is 13.8 Å². The van der Waals surface area contributed by atoms with Crippen LogP contribution in [0.4, 0.5) is 0 Å². The summed E-state index contributed by atoms with van der Waals surface area (Å²) < 4.78 is 18.9. The third kappa shape index (κ3) is 36.2. The molecule has 0 aromatic carbocycles. The Balaban J connectivity index is -0.000000398. The van der Waals surface area contributed by atoms with Crippen molar-refractivity contribution in [3.8, 4) is 0 Å². The van der Waals surface area contributed by atoms with Crippen LogP contribution in [0.5, 0.6) is 0 Å². The first-order valence-corrected chi connectivity index (χ1v) is 11.5. The monoisotopic (exact) mass is 490 g/mol. The minimum Gasteiger partial charge on any atom is -0.790 e. The van der Waals surface area contributed by atoms with Crippen LogP contribution < -0.4 is 68.9 Å². The summed E-state index contributed by atoms with van der Waals surface area (Å²) in [5.74, 6) is -0.445. The van der Waals surface area contributed by atoms with Crippen molar-refractivity contribution in [3.63, 3.8) is 0 Å². The van der Waals surface area contributed by atoms with E-state index < -0.39 is 32.6 Å². The number of rotatable bonds is 17. The second-order valence-electron chi connectivity index (χ2n) is 6.68.